The second kappa shape index (κ2) is 6.46. The van der Waals surface area contributed by atoms with Gasteiger partial charge in [0.05, 0.1) is 16.1 Å². The fourth-order valence-electron chi connectivity index (χ4n) is 3.14. The Labute approximate surface area is 152 Å². The summed E-state index contributed by atoms with van der Waals surface area (Å²) in [6.45, 7) is 3.64. The van der Waals surface area contributed by atoms with Crippen molar-refractivity contribution in [1.82, 2.24) is 4.57 Å². The van der Waals surface area contributed by atoms with Gasteiger partial charge in [-0.05, 0) is 43.7 Å². The van der Waals surface area contributed by atoms with Crippen LogP contribution in [0.2, 0.25) is 0 Å². The van der Waals surface area contributed by atoms with E-state index in [1.165, 1.54) is 6.26 Å². The van der Waals surface area contributed by atoms with Crippen molar-refractivity contribution in [3.63, 3.8) is 0 Å². The van der Waals surface area contributed by atoms with Crippen LogP contribution in [-0.4, -0.2) is 30.3 Å². The molecule has 26 heavy (non-hydrogen) atoms. The molecule has 6 heteroatoms. The predicted octanol–water partition coefficient (Wildman–Crippen LogP) is 3.86. The molecule has 1 heterocycles. The van der Waals surface area contributed by atoms with Crippen LogP contribution in [0, 0.1) is 13.8 Å². The zero-order valence-electron chi connectivity index (χ0n) is 14.7. The highest BCUT2D eigenvalue weighted by Crippen LogP contribution is 2.31. The van der Waals surface area contributed by atoms with Gasteiger partial charge in [-0.3, -0.25) is 0 Å². The first kappa shape index (κ1) is 17.9. The van der Waals surface area contributed by atoms with Gasteiger partial charge in [0.15, 0.2) is 9.84 Å². The van der Waals surface area contributed by atoms with Crippen LogP contribution in [0.1, 0.15) is 21.7 Å². The summed E-state index contributed by atoms with van der Waals surface area (Å²) < 4.78 is 25.2. The summed E-state index contributed by atoms with van der Waals surface area (Å²) in [6.07, 6.45) is 1.18. The standard InChI is InChI=1S/C20H19NO4S/c1-13-12-18(20(22)23)14(2)21(13)19-7-5-4-6-17(19)15-8-10-16(11-9-15)26(3,24)25/h4-12H,1-3H3,(H,22,23). The van der Waals surface area contributed by atoms with Crippen molar-refractivity contribution in [2.75, 3.05) is 6.26 Å². The highest BCUT2D eigenvalue weighted by atomic mass is 32.2. The monoisotopic (exact) mass is 369 g/mol. The van der Waals surface area contributed by atoms with Crippen molar-refractivity contribution in [1.29, 1.82) is 0 Å². The lowest BCUT2D eigenvalue weighted by Gasteiger charge is -2.15. The van der Waals surface area contributed by atoms with Crippen molar-refractivity contribution < 1.29 is 18.3 Å². The summed E-state index contributed by atoms with van der Waals surface area (Å²) in [6, 6.07) is 16.0. The molecule has 0 radical (unpaired) electrons. The number of para-hydroxylation sites is 1. The first-order chi connectivity index (χ1) is 12.2. The summed E-state index contributed by atoms with van der Waals surface area (Å²) in [5.41, 5.74) is 4.34. The summed E-state index contributed by atoms with van der Waals surface area (Å²) >= 11 is 0. The zero-order valence-corrected chi connectivity index (χ0v) is 15.5. The van der Waals surface area contributed by atoms with E-state index in [0.29, 0.717) is 5.69 Å². The molecule has 134 valence electrons. The number of sulfone groups is 1. The molecule has 3 aromatic rings. The van der Waals surface area contributed by atoms with Gasteiger partial charge in [-0.1, -0.05) is 30.3 Å². The molecular weight excluding hydrogens is 350 g/mol. The van der Waals surface area contributed by atoms with E-state index in [1.807, 2.05) is 35.8 Å². The van der Waals surface area contributed by atoms with Gasteiger partial charge in [-0.2, -0.15) is 0 Å². The van der Waals surface area contributed by atoms with E-state index < -0.39 is 15.8 Å². The number of aromatic nitrogens is 1. The molecule has 0 atom stereocenters. The minimum atomic E-state index is -3.25. The first-order valence-corrected chi connectivity index (χ1v) is 9.91. The van der Waals surface area contributed by atoms with Crippen molar-refractivity contribution >= 4 is 15.8 Å². The van der Waals surface area contributed by atoms with E-state index in [-0.39, 0.29) is 10.5 Å². The van der Waals surface area contributed by atoms with Crippen LogP contribution in [0.25, 0.3) is 16.8 Å². The number of carboxylic acids is 1. The molecular formula is C20H19NO4S. The Hall–Kier alpha value is -2.86. The smallest absolute Gasteiger partial charge is 0.337 e. The Balaban J connectivity index is 2.18. The lowest BCUT2D eigenvalue weighted by molar-refractivity contribution is 0.0696. The third kappa shape index (κ3) is 3.15. The molecule has 1 aromatic heterocycles. The van der Waals surface area contributed by atoms with Gasteiger partial charge in [0.25, 0.3) is 0 Å². The lowest BCUT2D eigenvalue weighted by Crippen LogP contribution is -2.04. The molecule has 0 aliphatic heterocycles. The molecule has 5 nitrogen and oxygen atoms in total. The van der Waals surface area contributed by atoms with E-state index in [4.69, 9.17) is 0 Å². The van der Waals surface area contributed by atoms with Gasteiger partial charge in [-0.25, -0.2) is 13.2 Å². The maximum absolute atomic E-state index is 11.7. The number of aromatic carboxylic acids is 1. The van der Waals surface area contributed by atoms with Crippen LogP contribution in [0.3, 0.4) is 0 Å². The largest absolute Gasteiger partial charge is 0.478 e. The third-order valence-electron chi connectivity index (χ3n) is 4.40. The minimum Gasteiger partial charge on any atom is -0.478 e. The van der Waals surface area contributed by atoms with Gasteiger partial charge in [0, 0.05) is 23.2 Å². The van der Waals surface area contributed by atoms with Crippen LogP contribution >= 0.6 is 0 Å². The van der Waals surface area contributed by atoms with E-state index in [9.17, 15) is 18.3 Å². The molecule has 0 saturated carbocycles. The highest BCUT2D eigenvalue weighted by molar-refractivity contribution is 7.90. The molecule has 0 aliphatic rings. The topological polar surface area (TPSA) is 76.4 Å². The second-order valence-corrected chi connectivity index (χ2v) is 8.25. The van der Waals surface area contributed by atoms with Crippen molar-refractivity contribution in [2.24, 2.45) is 0 Å². The average Bonchev–Trinajstić information content (AvgIpc) is 2.89. The summed E-state index contributed by atoms with van der Waals surface area (Å²) in [4.78, 5) is 11.7. The summed E-state index contributed by atoms with van der Waals surface area (Å²) in [5, 5.41) is 9.37. The fourth-order valence-corrected chi connectivity index (χ4v) is 3.77. The molecule has 0 spiro atoms. The number of hydrogen-bond acceptors (Lipinski definition) is 3. The number of nitrogens with zero attached hydrogens (tertiary/aromatic N) is 1. The molecule has 3 rings (SSSR count). The van der Waals surface area contributed by atoms with Gasteiger partial charge in [0.2, 0.25) is 0 Å². The molecule has 0 bridgehead atoms. The minimum absolute atomic E-state index is 0.264. The molecule has 0 saturated heterocycles. The van der Waals surface area contributed by atoms with Crippen LogP contribution in [0.5, 0.6) is 0 Å². The Bertz CT molecular complexity index is 1090. The molecule has 0 unspecified atom stereocenters. The Morgan fingerprint density at radius 3 is 2.15 bits per heavy atom. The van der Waals surface area contributed by atoms with Crippen molar-refractivity contribution in [2.45, 2.75) is 18.7 Å². The van der Waals surface area contributed by atoms with Crippen molar-refractivity contribution in [3.8, 4) is 16.8 Å². The number of aryl methyl sites for hydroxylation is 1. The van der Waals surface area contributed by atoms with Gasteiger partial charge in [-0.15, -0.1) is 0 Å². The average molecular weight is 369 g/mol. The molecule has 0 amide bonds. The molecule has 0 fully saturated rings. The number of carboxylic acid groups (broad SMARTS) is 1. The number of benzene rings is 2. The highest BCUT2D eigenvalue weighted by Gasteiger charge is 2.18. The number of carbonyl (C=O) groups is 1. The second-order valence-electron chi connectivity index (χ2n) is 6.24. The maximum atomic E-state index is 11.7. The van der Waals surface area contributed by atoms with Crippen LogP contribution in [0.4, 0.5) is 0 Å². The van der Waals surface area contributed by atoms with Crippen LogP contribution in [-0.2, 0) is 9.84 Å². The quantitative estimate of drug-likeness (QED) is 0.757. The lowest BCUT2D eigenvalue weighted by atomic mass is 10.0. The van der Waals surface area contributed by atoms with Crippen molar-refractivity contribution in [3.05, 3.63) is 71.5 Å². The van der Waals surface area contributed by atoms with Gasteiger partial charge in [0.1, 0.15) is 0 Å². The first-order valence-electron chi connectivity index (χ1n) is 8.02. The van der Waals surface area contributed by atoms with Gasteiger partial charge >= 0.3 is 5.97 Å². The van der Waals surface area contributed by atoms with E-state index in [2.05, 4.69) is 0 Å². The van der Waals surface area contributed by atoms with E-state index >= 15 is 0 Å². The molecule has 2 aromatic carbocycles. The molecule has 1 N–H and O–H groups in total. The fraction of sp³-hybridized carbons (Fsp3) is 0.150. The van der Waals surface area contributed by atoms with E-state index in [0.717, 1.165) is 22.5 Å². The Morgan fingerprint density at radius 1 is 1.00 bits per heavy atom. The molecule has 0 aliphatic carbocycles. The Kier molecular flexibility index (Phi) is 4.46. The third-order valence-corrected chi connectivity index (χ3v) is 5.53. The number of rotatable bonds is 4. The zero-order chi connectivity index (χ0) is 19.1. The predicted molar refractivity (Wildman–Crippen MR) is 101 cm³/mol. The van der Waals surface area contributed by atoms with Gasteiger partial charge < -0.3 is 9.67 Å². The SMILES string of the molecule is Cc1cc(C(=O)O)c(C)n1-c1ccccc1-c1ccc(S(C)(=O)=O)cc1. The van der Waals surface area contributed by atoms with E-state index in [1.54, 1.807) is 37.3 Å². The van der Waals surface area contributed by atoms with Crippen LogP contribution < -0.4 is 0 Å². The number of hydrogen-bond donors (Lipinski definition) is 1. The van der Waals surface area contributed by atoms with Crippen LogP contribution in [0.15, 0.2) is 59.5 Å². The Morgan fingerprint density at radius 2 is 1.62 bits per heavy atom. The summed E-state index contributed by atoms with van der Waals surface area (Å²) in [7, 11) is -3.25. The normalized spacial score (nSPS) is 11.5. The summed E-state index contributed by atoms with van der Waals surface area (Å²) in [5.74, 6) is -0.959. The maximum Gasteiger partial charge on any atom is 0.337 e.